The molecule has 0 spiro atoms. The number of ketones is 1. The largest absolute Gasteiger partial charge is 0.379 e. The minimum absolute atomic E-state index is 0.0295. The number of carbonyl (C=O) groups is 2. The molecule has 130 valence electrons. The number of nitrogens with one attached hydrogen (secondary N) is 1. The molecule has 2 atom stereocenters. The predicted molar refractivity (Wildman–Crippen MR) is 89.4 cm³/mol. The van der Waals surface area contributed by atoms with Crippen LogP contribution in [0.5, 0.6) is 0 Å². The van der Waals surface area contributed by atoms with Crippen molar-refractivity contribution in [3.8, 4) is 0 Å². The van der Waals surface area contributed by atoms with E-state index in [0.717, 1.165) is 42.8 Å². The summed E-state index contributed by atoms with van der Waals surface area (Å²) in [6.07, 6.45) is 2.32. The van der Waals surface area contributed by atoms with Gasteiger partial charge < -0.3 is 14.6 Å². The lowest BCUT2D eigenvalue weighted by Gasteiger charge is -2.29. The zero-order valence-corrected chi connectivity index (χ0v) is 14.4. The summed E-state index contributed by atoms with van der Waals surface area (Å²) < 4.78 is 5.74. The fourth-order valence-corrected chi connectivity index (χ4v) is 4.36. The van der Waals surface area contributed by atoms with Gasteiger partial charge in [0.05, 0.1) is 19.3 Å². The summed E-state index contributed by atoms with van der Waals surface area (Å²) in [7, 11) is 2.11. The summed E-state index contributed by atoms with van der Waals surface area (Å²) in [5.41, 5.74) is 3.15. The topological polar surface area (TPSA) is 65.6 Å². The molecule has 2 fully saturated rings. The van der Waals surface area contributed by atoms with E-state index in [2.05, 4.69) is 16.9 Å². The summed E-state index contributed by atoms with van der Waals surface area (Å²) in [5.74, 6) is 0.546. The number of ether oxygens (including phenoxy) is 1. The number of aryl methyl sites for hydroxylation is 1. The molecule has 1 N–H and O–H groups in total. The average molecular weight is 331 g/mol. The van der Waals surface area contributed by atoms with Gasteiger partial charge in [-0.15, -0.1) is 0 Å². The molecule has 2 bridgehead atoms. The van der Waals surface area contributed by atoms with Crippen LogP contribution in [0.4, 0.5) is 0 Å². The number of hydrogen-bond donors (Lipinski definition) is 1. The van der Waals surface area contributed by atoms with Gasteiger partial charge in [0.2, 0.25) is 0 Å². The van der Waals surface area contributed by atoms with E-state index in [-0.39, 0.29) is 17.7 Å². The molecule has 0 radical (unpaired) electrons. The number of carbonyl (C=O) groups excluding carboxylic acids is 2. The average Bonchev–Trinajstić information content (AvgIpc) is 2.66. The number of aromatic nitrogens is 1. The Morgan fingerprint density at radius 3 is 2.83 bits per heavy atom. The summed E-state index contributed by atoms with van der Waals surface area (Å²) in [5, 5.41) is 0. The van der Waals surface area contributed by atoms with E-state index >= 15 is 0 Å². The fraction of sp³-hybridized carbons (Fsp3) is 0.667. The van der Waals surface area contributed by atoms with Crippen LogP contribution in [-0.2, 0) is 11.2 Å². The van der Waals surface area contributed by atoms with E-state index in [1.165, 1.54) is 0 Å². The number of hydrogen-bond acceptors (Lipinski definition) is 4. The zero-order valence-electron chi connectivity index (χ0n) is 14.4. The number of rotatable bonds is 1. The van der Waals surface area contributed by atoms with E-state index < -0.39 is 0 Å². The van der Waals surface area contributed by atoms with Gasteiger partial charge in [0.25, 0.3) is 5.91 Å². The Morgan fingerprint density at radius 1 is 1.21 bits per heavy atom. The van der Waals surface area contributed by atoms with Gasteiger partial charge in [-0.05, 0) is 32.4 Å². The summed E-state index contributed by atoms with van der Waals surface area (Å²) in [6, 6.07) is 0.243. The maximum atomic E-state index is 13.2. The number of H-pyrrole nitrogens is 1. The highest BCUT2D eigenvalue weighted by Gasteiger charge is 2.35. The molecule has 1 amide bonds. The Morgan fingerprint density at radius 2 is 2.04 bits per heavy atom. The molecule has 3 aliphatic rings. The predicted octanol–water partition coefficient (Wildman–Crippen LogP) is 1.24. The molecule has 4 rings (SSSR count). The standard InChI is InChI=1S/C18H25N3O3/c1-11-16-14(4-3-5-15(16)22)19-17(11)18(23)21-7-12-6-20(2)13(8-21)10-24-9-12/h12-13,19H,3-10H2,1-2H3/t12-,13+/m1/s1. The van der Waals surface area contributed by atoms with Crippen molar-refractivity contribution in [3.63, 3.8) is 0 Å². The Bertz CT molecular complexity index is 681. The van der Waals surface area contributed by atoms with E-state index in [1.807, 2.05) is 11.8 Å². The van der Waals surface area contributed by atoms with Crippen LogP contribution in [0.1, 0.15) is 44.9 Å². The van der Waals surface area contributed by atoms with Crippen LogP contribution in [0.25, 0.3) is 0 Å². The normalized spacial score (nSPS) is 27.8. The number of likely N-dealkylation sites (N-methyl/N-ethyl adjacent to an activating group) is 1. The molecular weight excluding hydrogens is 306 g/mol. The summed E-state index contributed by atoms with van der Waals surface area (Å²) in [6.45, 7) is 5.66. The molecule has 0 saturated carbocycles. The third-order valence-electron chi connectivity index (χ3n) is 5.68. The molecule has 2 aliphatic heterocycles. The molecule has 3 heterocycles. The lowest BCUT2D eigenvalue weighted by molar-refractivity contribution is 0.0430. The number of nitrogens with zero attached hydrogens (tertiary/aromatic N) is 2. The molecule has 1 aliphatic carbocycles. The van der Waals surface area contributed by atoms with Crippen molar-refractivity contribution < 1.29 is 14.3 Å². The van der Waals surface area contributed by atoms with E-state index in [1.54, 1.807) is 0 Å². The van der Waals surface area contributed by atoms with Crippen LogP contribution in [0.3, 0.4) is 0 Å². The van der Waals surface area contributed by atoms with Crippen molar-refractivity contribution in [1.82, 2.24) is 14.8 Å². The van der Waals surface area contributed by atoms with Crippen LogP contribution >= 0.6 is 0 Å². The van der Waals surface area contributed by atoms with Gasteiger partial charge in [-0.3, -0.25) is 14.5 Å². The second-order valence-electron chi connectivity index (χ2n) is 7.46. The first-order valence-electron chi connectivity index (χ1n) is 8.86. The monoisotopic (exact) mass is 331 g/mol. The van der Waals surface area contributed by atoms with E-state index in [9.17, 15) is 9.59 Å². The third-order valence-corrected chi connectivity index (χ3v) is 5.68. The van der Waals surface area contributed by atoms with Crippen molar-refractivity contribution in [1.29, 1.82) is 0 Å². The van der Waals surface area contributed by atoms with Crippen LogP contribution in [0.15, 0.2) is 0 Å². The van der Waals surface area contributed by atoms with Gasteiger partial charge in [0, 0.05) is 43.2 Å². The highest BCUT2D eigenvalue weighted by molar-refractivity contribution is 6.04. The quantitative estimate of drug-likeness (QED) is 0.841. The molecule has 6 heteroatoms. The third kappa shape index (κ3) is 2.58. The van der Waals surface area contributed by atoms with Crippen molar-refractivity contribution in [2.45, 2.75) is 32.2 Å². The molecule has 1 aromatic heterocycles. The Labute approximate surface area is 142 Å². The Kier molecular flexibility index (Phi) is 3.96. The minimum Gasteiger partial charge on any atom is -0.379 e. The Hall–Kier alpha value is -1.66. The molecular formula is C18H25N3O3. The fourth-order valence-electron chi connectivity index (χ4n) is 4.36. The van der Waals surface area contributed by atoms with Gasteiger partial charge in [0.15, 0.2) is 5.78 Å². The molecule has 0 unspecified atom stereocenters. The molecule has 1 aromatic rings. The van der Waals surface area contributed by atoms with Crippen LogP contribution in [0.2, 0.25) is 0 Å². The molecule has 2 saturated heterocycles. The lowest BCUT2D eigenvalue weighted by atomic mass is 9.93. The maximum Gasteiger partial charge on any atom is 0.270 e. The first kappa shape index (κ1) is 15.8. The van der Waals surface area contributed by atoms with Crippen molar-refractivity contribution in [2.75, 3.05) is 39.9 Å². The highest BCUT2D eigenvalue weighted by atomic mass is 16.5. The van der Waals surface area contributed by atoms with Gasteiger partial charge in [-0.25, -0.2) is 0 Å². The number of amides is 1. The maximum absolute atomic E-state index is 13.2. The van der Waals surface area contributed by atoms with E-state index in [4.69, 9.17) is 4.74 Å². The number of fused-ring (bicyclic) bond motifs is 4. The lowest BCUT2D eigenvalue weighted by Crippen LogP contribution is -2.45. The second kappa shape index (κ2) is 6.01. The van der Waals surface area contributed by atoms with Gasteiger partial charge in [-0.2, -0.15) is 0 Å². The summed E-state index contributed by atoms with van der Waals surface area (Å²) in [4.78, 5) is 32.9. The number of Topliss-reactive ketones (excluding diaryl/α,β-unsaturated/α-hetero) is 1. The first-order chi connectivity index (χ1) is 11.5. The smallest absolute Gasteiger partial charge is 0.270 e. The van der Waals surface area contributed by atoms with Crippen LogP contribution in [0, 0.1) is 12.8 Å². The molecule has 0 aromatic carbocycles. The second-order valence-corrected chi connectivity index (χ2v) is 7.46. The van der Waals surface area contributed by atoms with Crippen LogP contribution < -0.4 is 0 Å². The van der Waals surface area contributed by atoms with Crippen molar-refractivity contribution in [3.05, 3.63) is 22.5 Å². The highest BCUT2D eigenvalue weighted by Crippen LogP contribution is 2.28. The van der Waals surface area contributed by atoms with Gasteiger partial charge in [-0.1, -0.05) is 0 Å². The van der Waals surface area contributed by atoms with E-state index in [0.29, 0.717) is 37.8 Å². The summed E-state index contributed by atoms with van der Waals surface area (Å²) >= 11 is 0. The minimum atomic E-state index is 0.0295. The number of aromatic amines is 1. The molecule has 6 nitrogen and oxygen atoms in total. The van der Waals surface area contributed by atoms with Gasteiger partial charge >= 0.3 is 0 Å². The SMILES string of the molecule is Cc1c(C(=O)N2C[C@@H]3COC[C@H](C2)N(C)C3)[nH]c2c1C(=O)CCC2. The van der Waals surface area contributed by atoms with Crippen molar-refractivity contribution >= 4 is 11.7 Å². The Balaban J connectivity index is 1.63. The molecule has 24 heavy (non-hydrogen) atoms. The first-order valence-corrected chi connectivity index (χ1v) is 8.86. The zero-order chi connectivity index (χ0) is 16.8. The van der Waals surface area contributed by atoms with Crippen LogP contribution in [-0.4, -0.2) is 72.4 Å². The van der Waals surface area contributed by atoms with Crippen molar-refractivity contribution in [2.24, 2.45) is 5.92 Å². The van der Waals surface area contributed by atoms with Gasteiger partial charge in [0.1, 0.15) is 5.69 Å².